The lowest BCUT2D eigenvalue weighted by Gasteiger charge is -2.04. The number of hydrogen-bond donors (Lipinski definition) is 2. The van der Waals surface area contributed by atoms with Crippen LogP contribution in [-0.4, -0.2) is 15.1 Å². The van der Waals surface area contributed by atoms with Gasteiger partial charge >= 0.3 is 0 Å². The third kappa shape index (κ3) is 2.23. The Morgan fingerprint density at radius 1 is 1.64 bits per heavy atom. The summed E-state index contributed by atoms with van der Waals surface area (Å²) in [6.07, 6.45) is 3.41. The first-order chi connectivity index (χ1) is 6.75. The molecule has 0 aromatic carbocycles. The molecule has 14 heavy (non-hydrogen) atoms. The first-order valence-electron chi connectivity index (χ1n) is 4.16. The fraction of sp³-hybridized carbons (Fsp3) is 0.222. The quantitative estimate of drug-likeness (QED) is 0.902. The Labute approximate surface area is 93.9 Å². The Morgan fingerprint density at radius 2 is 2.50 bits per heavy atom. The molecular formula is C9H9BrN2OS. The zero-order chi connectivity index (χ0) is 9.97. The smallest absolute Gasteiger partial charge is 0.135 e. The molecule has 2 heterocycles. The third-order valence-corrected chi connectivity index (χ3v) is 3.57. The number of imidazole rings is 1. The van der Waals surface area contributed by atoms with E-state index in [0.29, 0.717) is 12.2 Å². The zero-order valence-corrected chi connectivity index (χ0v) is 9.68. The average Bonchev–Trinajstić information content (AvgIpc) is 2.75. The maximum Gasteiger partial charge on any atom is 0.135 e. The number of nitrogens with one attached hydrogen (secondary N) is 1. The van der Waals surface area contributed by atoms with Gasteiger partial charge < -0.3 is 10.1 Å². The molecule has 0 aliphatic rings. The molecule has 0 aliphatic heterocycles. The van der Waals surface area contributed by atoms with Crippen LogP contribution in [0.2, 0.25) is 0 Å². The van der Waals surface area contributed by atoms with Crippen molar-refractivity contribution in [2.75, 3.05) is 0 Å². The maximum absolute atomic E-state index is 9.77. The fourth-order valence-electron chi connectivity index (χ4n) is 1.21. The number of aromatic amines is 1. The van der Waals surface area contributed by atoms with Crippen LogP contribution < -0.4 is 0 Å². The van der Waals surface area contributed by atoms with E-state index in [1.807, 2.05) is 11.4 Å². The molecule has 2 aromatic rings. The third-order valence-electron chi connectivity index (χ3n) is 1.85. The largest absolute Gasteiger partial charge is 0.385 e. The molecular weight excluding hydrogens is 264 g/mol. The van der Waals surface area contributed by atoms with Crippen LogP contribution in [0, 0.1) is 0 Å². The summed E-state index contributed by atoms with van der Waals surface area (Å²) < 4.78 is 1.06. The minimum Gasteiger partial charge on any atom is -0.385 e. The van der Waals surface area contributed by atoms with E-state index in [-0.39, 0.29) is 0 Å². The summed E-state index contributed by atoms with van der Waals surface area (Å²) >= 11 is 5.00. The minimum atomic E-state index is -0.546. The van der Waals surface area contributed by atoms with E-state index in [1.165, 1.54) is 0 Å². The minimum absolute atomic E-state index is 0.546. The second kappa shape index (κ2) is 4.25. The highest BCUT2D eigenvalue weighted by atomic mass is 79.9. The SMILES string of the molecule is OC(Cc1cc(Br)cs1)c1ncc[nH]1. The predicted molar refractivity (Wildman–Crippen MR) is 59.3 cm³/mol. The molecule has 0 saturated carbocycles. The van der Waals surface area contributed by atoms with E-state index in [2.05, 4.69) is 25.9 Å². The number of aliphatic hydroxyl groups excluding tert-OH is 1. The van der Waals surface area contributed by atoms with Crippen molar-refractivity contribution in [2.24, 2.45) is 0 Å². The van der Waals surface area contributed by atoms with Crippen molar-refractivity contribution in [1.29, 1.82) is 0 Å². The molecule has 0 saturated heterocycles. The van der Waals surface area contributed by atoms with Gasteiger partial charge in [0.25, 0.3) is 0 Å². The maximum atomic E-state index is 9.77. The molecule has 0 bridgehead atoms. The summed E-state index contributed by atoms with van der Waals surface area (Å²) in [7, 11) is 0. The highest BCUT2D eigenvalue weighted by molar-refractivity contribution is 9.10. The van der Waals surface area contributed by atoms with Gasteiger partial charge in [-0.15, -0.1) is 11.3 Å². The molecule has 2 aromatic heterocycles. The van der Waals surface area contributed by atoms with E-state index in [0.717, 1.165) is 9.35 Å². The number of aromatic nitrogens is 2. The van der Waals surface area contributed by atoms with Crippen molar-refractivity contribution in [3.8, 4) is 0 Å². The summed E-state index contributed by atoms with van der Waals surface area (Å²) in [5.74, 6) is 0.620. The van der Waals surface area contributed by atoms with Gasteiger partial charge in [-0.25, -0.2) is 4.98 Å². The van der Waals surface area contributed by atoms with Crippen LogP contribution in [0.1, 0.15) is 16.8 Å². The predicted octanol–water partition coefficient (Wildman–Crippen LogP) is 2.51. The van der Waals surface area contributed by atoms with Crippen LogP contribution in [0.4, 0.5) is 0 Å². The van der Waals surface area contributed by atoms with E-state index in [4.69, 9.17) is 0 Å². The number of rotatable bonds is 3. The second-order valence-corrected chi connectivity index (χ2v) is 4.84. The number of halogens is 1. The Balaban J connectivity index is 2.05. The number of hydrogen-bond acceptors (Lipinski definition) is 3. The van der Waals surface area contributed by atoms with E-state index >= 15 is 0 Å². The normalized spacial score (nSPS) is 13.0. The molecule has 0 aliphatic carbocycles. The topological polar surface area (TPSA) is 48.9 Å². The lowest BCUT2D eigenvalue weighted by Crippen LogP contribution is -2.02. The molecule has 0 amide bonds. The van der Waals surface area contributed by atoms with E-state index in [1.54, 1.807) is 23.7 Å². The summed E-state index contributed by atoms with van der Waals surface area (Å²) in [5, 5.41) is 11.8. The van der Waals surface area contributed by atoms with Gasteiger partial charge in [0.2, 0.25) is 0 Å². The zero-order valence-electron chi connectivity index (χ0n) is 7.27. The molecule has 5 heteroatoms. The summed E-state index contributed by atoms with van der Waals surface area (Å²) in [6, 6.07) is 2.01. The molecule has 1 atom stereocenters. The van der Waals surface area contributed by atoms with Gasteiger partial charge in [-0.3, -0.25) is 0 Å². The van der Waals surface area contributed by atoms with Crippen molar-refractivity contribution in [3.05, 3.63) is 39.0 Å². The van der Waals surface area contributed by atoms with Gasteiger partial charge in [-0.05, 0) is 22.0 Å². The summed E-state index contributed by atoms with van der Waals surface area (Å²) in [6.45, 7) is 0. The van der Waals surface area contributed by atoms with Gasteiger partial charge in [-0.2, -0.15) is 0 Å². The standard InChI is InChI=1S/C9H9BrN2OS/c10-6-3-7(14-5-6)4-8(13)9-11-1-2-12-9/h1-3,5,8,13H,4H2,(H,11,12). The van der Waals surface area contributed by atoms with Crippen molar-refractivity contribution in [1.82, 2.24) is 9.97 Å². The van der Waals surface area contributed by atoms with Crippen molar-refractivity contribution in [3.63, 3.8) is 0 Å². The molecule has 0 spiro atoms. The Kier molecular flexibility index (Phi) is 3.00. The van der Waals surface area contributed by atoms with Crippen LogP contribution >= 0.6 is 27.3 Å². The highest BCUT2D eigenvalue weighted by Crippen LogP contribution is 2.24. The fourth-order valence-corrected chi connectivity index (χ4v) is 2.70. The molecule has 2 N–H and O–H groups in total. The van der Waals surface area contributed by atoms with Crippen molar-refractivity contribution >= 4 is 27.3 Å². The van der Waals surface area contributed by atoms with Crippen LogP contribution in [-0.2, 0) is 6.42 Å². The van der Waals surface area contributed by atoms with Crippen LogP contribution in [0.15, 0.2) is 28.3 Å². The first kappa shape index (κ1) is 9.89. The highest BCUT2D eigenvalue weighted by Gasteiger charge is 2.11. The van der Waals surface area contributed by atoms with Crippen LogP contribution in [0.25, 0.3) is 0 Å². The lowest BCUT2D eigenvalue weighted by molar-refractivity contribution is 0.170. The number of aliphatic hydroxyl groups is 1. The van der Waals surface area contributed by atoms with Crippen LogP contribution in [0.3, 0.4) is 0 Å². The average molecular weight is 273 g/mol. The van der Waals surface area contributed by atoms with Gasteiger partial charge in [-0.1, -0.05) is 0 Å². The Morgan fingerprint density at radius 3 is 3.07 bits per heavy atom. The Hall–Kier alpha value is -0.650. The summed E-state index contributed by atoms with van der Waals surface area (Å²) in [4.78, 5) is 8.04. The van der Waals surface area contributed by atoms with Gasteiger partial charge in [0.15, 0.2) is 0 Å². The second-order valence-electron chi connectivity index (χ2n) is 2.93. The number of thiophene rings is 1. The number of nitrogens with zero attached hydrogens (tertiary/aromatic N) is 1. The lowest BCUT2D eigenvalue weighted by atomic mass is 10.2. The monoisotopic (exact) mass is 272 g/mol. The molecule has 3 nitrogen and oxygen atoms in total. The molecule has 1 unspecified atom stereocenters. The first-order valence-corrected chi connectivity index (χ1v) is 5.83. The number of H-pyrrole nitrogens is 1. The molecule has 74 valence electrons. The van der Waals surface area contributed by atoms with E-state index < -0.39 is 6.10 Å². The van der Waals surface area contributed by atoms with E-state index in [9.17, 15) is 5.11 Å². The molecule has 0 fully saturated rings. The van der Waals surface area contributed by atoms with Gasteiger partial charge in [0.05, 0.1) is 0 Å². The van der Waals surface area contributed by atoms with Crippen molar-refractivity contribution < 1.29 is 5.11 Å². The van der Waals surface area contributed by atoms with Crippen molar-refractivity contribution in [2.45, 2.75) is 12.5 Å². The molecule has 2 rings (SSSR count). The molecule has 0 radical (unpaired) electrons. The van der Waals surface area contributed by atoms with Gasteiger partial charge in [0.1, 0.15) is 11.9 Å². The Bertz CT molecular complexity index is 399. The van der Waals surface area contributed by atoms with Crippen LogP contribution in [0.5, 0.6) is 0 Å². The van der Waals surface area contributed by atoms with Gasteiger partial charge in [0, 0.05) is 33.5 Å². The summed E-state index contributed by atoms with van der Waals surface area (Å²) in [5.41, 5.74) is 0.